The van der Waals surface area contributed by atoms with Crippen LogP contribution in [0.2, 0.25) is 0 Å². The molecule has 3 rings (SSSR count). The van der Waals surface area contributed by atoms with E-state index in [4.69, 9.17) is 0 Å². The fourth-order valence-electron chi connectivity index (χ4n) is 3.23. The highest BCUT2D eigenvalue weighted by Crippen LogP contribution is 2.49. The van der Waals surface area contributed by atoms with Gasteiger partial charge in [0.1, 0.15) is 6.04 Å². The minimum absolute atomic E-state index is 0.281. The number of nitrogens with one attached hydrogen (secondary N) is 1. The van der Waals surface area contributed by atoms with Crippen molar-refractivity contribution in [2.24, 2.45) is 0 Å². The second-order valence-electron chi connectivity index (χ2n) is 6.89. The summed E-state index contributed by atoms with van der Waals surface area (Å²) < 4.78 is 13.9. The van der Waals surface area contributed by atoms with Crippen LogP contribution in [0.15, 0.2) is 91.0 Å². The lowest BCUT2D eigenvalue weighted by Crippen LogP contribution is -2.37. The third-order valence-corrected chi connectivity index (χ3v) is 7.07. The molecule has 0 aliphatic rings. The molecule has 4 nitrogen and oxygen atoms in total. The zero-order valence-electron chi connectivity index (χ0n) is 15.6. The van der Waals surface area contributed by atoms with E-state index in [2.05, 4.69) is 5.09 Å². The number of hydrogen-bond acceptors (Lipinski definition) is 2. The van der Waals surface area contributed by atoms with Crippen LogP contribution >= 0.6 is 7.29 Å². The fourth-order valence-corrected chi connectivity index (χ4v) is 5.89. The number of carbonyl (C=O) groups is 1. The van der Waals surface area contributed by atoms with Gasteiger partial charge in [-0.1, -0.05) is 91.0 Å². The average molecular weight is 393 g/mol. The van der Waals surface area contributed by atoms with Gasteiger partial charge < -0.3 is 9.67 Å². The Morgan fingerprint density at radius 3 is 1.54 bits per heavy atom. The molecule has 3 aromatic carbocycles. The molecule has 5 heteroatoms. The average Bonchev–Trinajstić information content (AvgIpc) is 2.69. The normalized spacial score (nSPS) is 12.4. The number of carboxylic acid groups (broad SMARTS) is 1. The number of hydrogen-bond donors (Lipinski definition) is 2. The van der Waals surface area contributed by atoms with Gasteiger partial charge in [0.05, 0.1) is 0 Å². The van der Waals surface area contributed by atoms with Gasteiger partial charge in [-0.15, -0.1) is 0 Å². The van der Waals surface area contributed by atoms with Crippen LogP contribution in [0.4, 0.5) is 0 Å². The summed E-state index contributed by atoms with van der Waals surface area (Å²) >= 11 is 0. The van der Waals surface area contributed by atoms with Crippen molar-refractivity contribution in [3.63, 3.8) is 0 Å². The van der Waals surface area contributed by atoms with Crippen LogP contribution in [0, 0.1) is 0 Å². The van der Waals surface area contributed by atoms with Gasteiger partial charge >= 0.3 is 5.97 Å². The third kappa shape index (κ3) is 5.91. The quantitative estimate of drug-likeness (QED) is 0.505. The first kappa shape index (κ1) is 20.1. The standard InChI is InChI=1S/C23H24NO3P/c25-23(26)22(16-19-10-4-1-5-11-19)24-28(27,17-20-12-6-2-7-13-20)18-21-14-8-3-9-15-21/h1-15,22H,16-18H2,(H,24,27)(H,25,26)/t22-/m0/s1. The largest absolute Gasteiger partial charge is 0.480 e. The Balaban J connectivity index is 1.85. The molecule has 0 aliphatic carbocycles. The van der Waals surface area contributed by atoms with Gasteiger partial charge in [-0.05, 0) is 23.1 Å². The number of aliphatic carboxylic acids is 1. The molecule has 0 fully saturated rings. The van der Waals surface area contributed by atoms with E-state index in [1.807, 2.05) is 91.0 Å². The molecule has 0 aliphatic heterocycles. The van der Waals surface area contributed by atoms with Crippen molar-refractivity contribution >= 4 is 13.3 Å². The molecule has 0 unspecified atom stereocenters. The van der Waals surface area contributed by atoms with Crippen molar-refractivity contribution in [1.29, 1.82) is 0 Å². The molecule has 2 N–H and O–H groups in total. The lowest BCUT2D eigenvalue weighted by Gasteiger charge is -2.24. The molecule has 0 aromatic heterocycles. The van der Waals surface area contributed by atoms with Crippen LogP contribution in [0.5, 0.6) is 0 Å². The summed E-state index contributed by atoms with van der Waals surface area (Å²) in [6.07, 6.45) is 0.895. The highest BCUT2D eigenvalue weighted by molar-refractivity contribution is 7.60. The molecule has 3 aromatic rings. The lowest BCUT2D eigenvalue weighted by atomic mass is 10.1. The summed E-state index contributed by atoms with van der Waals surface area (Å²) in [5.41, 5.74) is 2.75. The molecule has 0 saturated carbocycles. The molecular weight excluding hydrogens is 369 g/mol. The van der Waals surface area contributed by atoms with E-state index < -0.39 is 19.3 Å². The molecule has 144 valence electrons. The van der Waals surface area contributed by atoms with Gasteiger partial charge in [-0.25, -0.2) is 0 Å². The van der Waals surface area contributed by atoms with Gasteiger partial charge in [0, 0.05) is 12.3 Å². The maximum Gasteiger partial charge on any atom is 0.321 e. The van der Waals surface area contributed by atoms with Crippen LogP contribution in [0.1, 0.15) is 16.7 Å². The maximum absolute atomic E-state index is 13.9. The molecule has 28 heavy (non-hydrogen) atoms. The topological polar surface area (TPSA) is 66.4 Å². The van der Waals surface area contributed by atoms with Crippen LogP contribution in [0.3, 0.4) is 0 Å². The summed E-state index contributed by atoms with van der Waals surface area (Å²) in [5.74, 6) is -0.995. The highest BCUT2D eigenvalue weighted by Gasteiger charge is 2.30. The van der Waals surface area contributed by atoms with E-state index in [9.17, 15) is 14.5 Å². The number of benzene rings is 3. The maximum atomic E-state index is 13.9. The Kier molecular flexibility index (Phi) is 6.80. The number of rotatable bonds is 9. The minimum atomic E-state index is -3.04. The monoisotopic (exact) mass is 393 g/mol. The van der Waals surface area contributed by atoms with Gasteiger partial charge in [0.25, 0.3) is 0 Å². The summed E-state index contributed by atoms with van der Waals surface area (Å²) in [6.45, 7) is 0. The van der Waals surface area contributed by atoms with Crippen molar-refractivity contribution in [3.8, 4) is 0 Å². The third-order valence-electron chi connectivity index (χ3n) is 4.53. The van der Waals surface area contributed by atoms with Crippen molar-refractivity contribution < 1.29 is 14.5 Å². The molecule has 0 radical (unpaired) electrons. The first-order chi connectivity index (χ1) is 13.5. The van der Waals surface area contributed by atoms with Crippen LogP contribution in [0.25, 0.3) is 0 Å². The summed E-state index contributed by atoms with van der Waals surface area (Å²) in [7, 11) is -3.04. The van der Waals surface area contributed by atoms with Crippen molar-refractivity contribution in [2.75, 3.05) is 0 Å². The Labute approximate surface area is 165 Å². The Bertz CT molecular complexity index is 884. The van der Waals surface area contributed by atoms with Crippen LogP contribution < -0.4 is 5.09 Å². The zero-order valence-corrected chi connectivity index (χ0v) is 16.5. The molecular formula is C23H24NO3P. The predicted molar refractivity (Wildman–Crippen MR) is 113 cm³/mol. The lowest BCUT2D eigenvalue weighted by molar-refractivity contribution is -0.138. The van der Waals surface area contributed by atoms with Gasteiger partial charge in [0.2, 0.25) is 0 Å². The van der Waals surface area contributed by atoms with Gasteiger partial charge in [-0.2, -0.15) is 0 Å². The summed E-state index contributed by atoms with van der Waals surface area (Å²) in [6, 6.07) is 27.6. The Morgan fingerprint density at radius 2 is 1.14 bits per heavy atom. The fraction of sp³-hybridized carbons (Fsp3) is 0.174. The van der Waals surface area contributed by atoms with Crippen molar-refractivity contribution in [1.82, 2.24) is 5.09 Å². The van der Waals surface area contributed by atoms with Crippen molar-refractivity contribution in [3.05, 3.63) is 108 Å². The number of carboxylic acids is 1. The molecule has 0 bridgehead atoms. The molecule has 0 amide bonds. The van der Waals surface area contributed by atoms with E-state index >= 15 is 0 Å². The second kappa shape index (κ2) is 9.50. The van der Waals surface area contributed by atoms with Crippen molar-refractivity contribution in [2.45, 2.75) is 24.8 Å². The zero-order chi connectivity index (χ0) is 19.8. The summed E-state index contributed by atoms with van der Waals surface area (Å²) in [5, 5.41) is 12.8. The van der Waals surface area contributed by atoms with E-state index in [-0.39, 0.29) is 6.42 Å². The van der Waals surface area contributed by atoms with Crippen LogP contribution in [-0.4, -0.2) is 17.1 Å². The van der Waals surface area contributed by atoms with E-state index in [0.29, 0.717) is 12.3 Å². The first-order valence-corrected chi connectivity index (χ1v) is 11.3. The van der Waals surface area contributed by atoms with Crippen LogP contribution in [-0.2, 0) is 28.1 Å². The van der Waals surface area contributed by atoms with E-state index in [0.717, 1.165) is 16.7 Å². The second-order valence-corrected chi connectivity index (χ2v) is 9.56. The first-order valence-electron chi connectivity index (χ1n) is 9.24. The minimum Gasteiger partial charge on any atom is -0.480 e. The molecule has 1 atom stereocenters. The molecule has 0 saturated heterocycles. The SMILES string of the molecule is O=C(O)[C@H](Cc1ccccc1)NP(=O)(Cc1ccccc1)Cc1ccccc1. The molecule has 0 spiro atoms. The Hall–Kier alpha value is -2.68. The van der Waals surface area contributed by atoms with Gasteiger partial charge in [0.15, 0.2) is 7.29 Å². The van der Waals surface area contributed by atoms with E-state index in [1.54, 1.807) is 0 Å². The highest BCUT2D eigenvalue weighted by atomic mass is 31.2. The summed E-state index contributed by atoms with van der Waals surface area (Å²) in [4.78, 5) is 11.9. The predicted octanol–water partition coefficient (Wildman–Crippen LogP) is 4.95. The smallest absolute Gasteiger partial charge is 0.321 e. The van der Waals surface area contributed by atoms with Gasteiger partial charge in [-0.3, -0.25) is 9.88 Å². The van der Waals surface area contributed by atoms with E-state index in [1.165, 1.54) is 0 Å². The molecule has 0 heterocycles. The Morgan fingerprint density at radius 1 is 0.750 bits per heavy atom.